The summed E-state index contributed by atoms with van der Waals surface area (Å²) in [5, 5.41) is 0. The van der Waals surface area contributed by atoms with Crippen molar-refractivity contribution in [1.82, 2.24) is 0 Å². The maximum atomic E-state index is 5.55. The molecule has 1 unspecified atom stereocenters. The summed E-state index contributed by atoms with van der Waals surface area (Å²) in [7, 11) is 0. The Kier molecular flexibility index (Phi) is 6.89. The van der Waals surface area contributed by atoms with E-state index in [-0.39, 0.29) is 0 Å². The molecule has 0 bridgehead atoms. The second-order valence-corrected chi connectivity index (χ2v) is 3.56. The topological polar surface area (TPSA) is 26.0 Å². The Labute approximate surface area is 67.8 Å². The molecule has 0 aromatic heterocycles. The van der Waals surface area contributed by atoms with E-state index in [1.54, 1.807) is 0 Å². The lowest BCUT2D eigenvalue weighted by molar-refractivity contribution is 0.721. The van der Waals surface area contributed by atoms with E-state index in [4.69, 9.17) is 12.2 Å². The largest absolute Gasteiger partial charge is 0.328 e. The molecule has 0 heterocycles. The molecular formula is C8H15NS. The van der Waals surface area contributed by atoms with Crippen molar-refractivity contribution in [2.45, 2.75) is 25.8 Å². The van der Waals surface area contributed by atoms with Gasteiger partial charge in [0.1, 0.15) is 0 Å². The zero-order valence-corrected chi connectivity index (χ0v) is 7.29. The smallest absolute Gasteiger partial charge is 0.0177 e. The summed E-state index contributed by atoms with van der Waals surface area (Å²) in [6.45, 7) is 2.03. The number of terminal acetylenes is 1. The van der Waals surface area contributed by atoms with Gasteiger partial charge in [-0.05, 0) is 19.1 Å². The quantitative estimate of drug-likeness (QED) is 0.483. The first-order valence-electron chi connectivity index (χ1n) is 3.54. The molecule has 0 saturated heterocycles. The fraction of sp³-hybridized carbons (Fsp3) is 0.750. The molecule has 0 aliphatic carbocycles. The number of hydrogen-bond donors (Lipinski definition) is 1. The van der Waals surface area contributed by atoms with Crippen molar-refractivity contribution in [3.63, 3.8) is 0 Å². The van der Waals surface area contributed by atoms with Crippen molar-refractivity contribution in [3.8, 4) is 12.3 Å². The SMILES string of the molecule is C#CCCSCCC(C)N. The highest BCUT2D eigenvalue weighted by atomic mass is 32.2. The molecule has 58 valence electrons. The van der Waals surface area contributed by atoms with Crippen LogP contribution in [0.25, 0.3) is 0 Å². The predicted molar refractivity (Wildman–Crippen MR) is 49.0 cm³/mol. The van der Waals surface area contributed by atoms with Crippen LogP contribution in [-0.2, 0) is 0 Å². The van der Waals surface area contributed by atoms with Crippen LogP contribution in [-0.4, -0.2) is 17.5 Å². The van der Waals surface area contributed by atoms with Crippen LogP contribution in [0, 0.1) is 12.3 Å². The highest BCUT2D eigenvalue weighted by Gasteiger charge is 1.92. The van der Waals surface area contributed by atoms with Gasteiger partial charge in [0, 0.05) is 18.2 Å². The van der Waals surface area contributed by atoms with Gasteiger partial charge in [-0.15, -0.1) is 12.3 Å². The molecule has 2 heteroatoms. The molecule has 0 spiro atoms. The van der Waals surface area contributed by atoms with E-state index in [2.05, 4.69) is 5.92 Å². The molecule has 2 N–H and O–H groups in total. The Morgan fingerprint density at radius 2 is 2.30 bits per heavy atom. The van der Waals surface area contributed by atoms with Crippen molar-refractivity contribution in [2.75, 3.05) is 11.5 Å². The van der Waals surface area contributed by atoms with Crippen LogP contribution < -0.4 is 5.73 Å². The van der Waals surface area contributed by atoms with Gasteiger partial charge in [0.15, 0.2) is 0 Å². The molecule has 0 amide bonds. The highest BCUT2D eigenvalue weighted by Crippen LogP contribution is 2.04. The first kappa shape index (κ1) is 9.87. The van der Waals surface area contributed by atoms with Crippen molar-refractivity contribution in [3.05, 3.63) is 0 Å². The molecule has 0 aliphatic rings. The monoisotopic (exact) mass is 157 g/mol. The number of nitrogens with two attached hydrogens (primary N) is 1. The van der Waals surface area contributed by atoms with E-state index >= 15 is 0 Å². The molecule has 0 radical (unpaired) electrons. The van der Waals surface area contributed by atoms with Crippen molar-refractivity contribution >= 4 is 11.8 Å². The zero-order chi connectivity index (χ0) is 7.82. The van der Waals surface area contributed by atoms with Gasteiger partial charge in [0.2, 0.25) is 0 Å². The van der Waals surface area contributed by atoms with Gasteiger partial charge in [0.05, 0.1) is 0 Å². The lowest BCUT2D eigenvalue weighted by atomic mass is 10.3. The minimum absolute atomic E-state index is 0.332. The molecule has 0 rings (SSSR count). The van der Waals surface area contributed by atoms with Gasteiger partial charge in [-0.1, -0.05) is 0 Å². The minimum atomic E-state index is 0.332. The first-order valence-corrected chi connectivity index (χ1v) is 4.69. The third kappa shape index (κ3) is 7.87. The Hall–Kier alpha value is -0.130. The first-order chi connectivity index (χ1) is 4.77. The van der Waals surface area contributed by atoms with Gasteiger partial charge >= 0.3 is 0 Å². The van der Waals surface area contributed by atoms with E-state index in [1.165, 1.54) is 0 Å². The van der Waals surface area contributed by atoms with E-state index in [0.29, 0.717) is 6.04 Å². The predicted octanol–water partition coefficient (Wildman–Crippen LogP) is 1.48. The molecule has 0 aliphatic heterocycles. The van der Waals surface area contributed by atoms with Crippen LogP contribution in [0.15, 0.2) is 0 Å². The van der Waals surface area contributed by atoms with Gasteiger partial charge < -0.3 is 5.73 Å². The van der Waals surface area contributed by atoms with Gasteiger partial charge in [0.25, 0.3) is 0 Å². The number of rotatable bonds is 5. The van der Waals surface area contributed by atoms with Crippen LogP contribution >= 0.6 is 11.8 Å². The van der Waals surface area contributed by atoms with Crippen LogP contribution in [0.5, 0.6) is 0 Å². The van der Waals surface area contributed by atoms with Crippen LogP contribution in [0.3, 0.4) is 0 Å². The number of thioether (sulfide) groups is 1. The Morgan fingerprint density at radius 1 is 1.60 bits per heavy atom. The maximum Gasteiger partial charge on any atom is 0.0177 e. The summed E-state index contributed by atoms with van der Waals surface area (Å²) >= 11 is 1.88. The van der Waals surface area contributed by atoms with E-state index in [0.717, 1.165) is 24.3 Å². The summed E-state index contributed by atoms with van der Waals surface area (Å²) < 4.78 is 0. The van der Waals surface area contributed by atoms with Crippen LogP contribution in [0.1, 0.15) is 19.8 Å². The Morgan fingerprint density at radius 3 is 2.80 bits per heavy atom. The maximum absolute atomic E-state index is 5.55. The molecule has 1 nitrogen and oxygen atoms in total. The van der Waals surface area contributed by atoms with E-state index in [1.807, 2.05) is 18.7 Å². The molecule has 0 aromatic rings. The molecule has 1 atom stereocenters. The summed E-state index contributed by atoms with van der Waals surface area (Å²) in [5.74, 6) is 4.81. The fourth-order valence-electron chi connectivity index (χ4n) is 0.502. The second-order valence-electron chi connectivity index (χ2n) is 2.33. The average Bonchev–Trinajstić information content (AvgIpc) is 1.87. The molecular weight excluding hydrogens is 142 g/mol. The van der Waals surface area contributed by atoms with Gasteiger partial charge in [-0.3, -0.25) is 0 Å². The standard InChI is InChI=1S/C8H15NS/c1-3-4-6-10-7-5-8(2)9/h1,8H,4-7,9H2,2H3. The normalized spacial score (nSPS) is 12.5. The summed E-state index contributed by atoms with van der Waals surface area (Å²) in [5.41, 5.74) is 5.55. The van der Waals surface area contributed by atoms with Crippen molar-refractivity contribution in [1.29, 1.82) is 0 Å². The Balaban J connectivity index is 2.86. The lowest BCUT2D eigenvalue weighted by Crippen LogP contribution is -2.15. The van der Waals surface area contributed by atoms with Crippen molar-refractivity contribution in [2.24, 2.45) is 5.73 Å². The van der Waals surface area contributed by atoms with E-state index < -0.39 is 0 Å². The third-order valence-corrected chi connectivity index (χ3v) is 2.13. The van der Waals surface area contributed by atoms with Crippen LogP contribution in [0.2, 0.25) is 0 Å². The van der Waals surface area contributed by atoms with E-state index in [9.17, 15) is 0 Å². The lowest BCUT2D eigenvalue weighted by Gasteiger charge is -2.02. The minimum Gasteiger partial charge on any atom is -0.328 e. The third-order valence-electron chi connectivity index (χ3n) is 1.11. The molecule has 10 heavy (non-hydrogen) atoms. The Bertz CT molecular complexity index is 104. The molecule has 0 saturated carbocycles. The highest BCUT2D eigenvalue weighted by molar-refractivity contribution is 7.99. The van der Waals surface area contributed by atoms with Gasteiger partial charge in [-0.25, -0.2) is 0 Å². The molecule has 0 fully saturated rings. The summed E-state index contributed by atoms with van der Waals surface area (Å²) in [6, 6.07) is 0.332. The fourth-order valence-corrected chi connectivity index (χ4v) is 1.51. The zero-order valence-electron chi connectivity index (χ0n) is 6.47. The van der Waals surface area contributed by atoms with Gasteiger partial charge in [-0.2, -0.15) is 11.8 Å². The number of hydrogen-bond acceptors (Lipinski definition) is 2. The molecule has 0 aromatic carbocycles. The average molecular weight is 157 g/mol. The van der Waals surface area contributed by atoms with Crippen molar-refractivity contribution < 1.29 is 0 Å². The summed E-state index contributed by atoms with van der Waals surface area (Å²) in [4.78, 5) is 0. The van der Waals surface area contributed by atoms with Crippen LogP contribution in [0.4, 0.5) is 0 Å². The summed E-state index contributed by atoms with van der Waals surface area (Å²) in [6.07, 6.45) is 7.05. The second kappa shape index (κ2) is 6.98.